The van der Waals surface area contributed by atoms with Gasteiger partial charge in [-0.25, -0.2) is 4.98 Å². The highest BCUT2D eigenvalue weighted by atomic mass is 16.1. The maximum atomic E-state index is 11.9. The zero-order valence-corrected chi connectivity index (χ0v) is 9.84. The number of nitrogens with two attached hydrogens (primary N) is 1. The lowest BCUT2D eigenvalue weighted by Gasteiger charge is -2.07. The van der Waals surface area contributed by atoms with E-state index in [1.54, 1.807) is 30.6 Å². The maximum Gasteiger partial charge on any atom is 0.274 e. The first kappa shape index (κ1) is 12.0. The molecule has 6 heteroatoms. The fourth-order valence-electron chi connectivity index (χ4n) is 1.41. The van der Waals surface area contributed by atoms with Crippen LogP contribution in [0, 0.1) is 6.92 Å². The first-order valence-corrected chi connectivity index (χ1v) is 5.35. The molecular formula is C12H13N5O. The van der Waals surface area contributed by atoms with Crippen LogP contribution in [0.3, 0.4) is 0 Å². The number of aromatic nitrogens is 2. The zero-order valence-electron chi connectivity index (χ0n) is 9.84. The van der Waals surface area contributed by atoms with Gasteiger partial charge in [-0.15, -0.1) is 0 Å². The Kier molecular flexibility index (Phi) is 3.49. The van der Waals surface area contributed by atoms with Crippen molar-refractivity contribution in [2.75, 3.05) is 10.7 Å². The summed E-state index contributed by atoms with van der Waals surface area (Å²) >= 11 is 0. The van der Waals surface area contributed by atoms with Crippen molar-refractivity contribution in [2.45, 2.75) is 6.92 Å². The van der Waals surface area contributed by atoms with E-state index >= 15 is 0 Å². The maximum absolute atomic E-state index is 11.9. The lowest BCUT2D eigenvalue weighted by molar-refractivity contribution is 0.102. The Morgan fingerprint density at radius 3 is 2.72 bits per heavy atom. The summed E-state index contributed by atoms with van der Waals surface area (Å²) in [6.07, 6.45) is 4.80. The molecule has 0 fully saturated rings. The summed E-state index contributed by atoms with van der Waals surface area (Å²) in [6.45, 7) is 1.87. The molecule has 2 aromatic heterocycles. The molecule has 4 N–H and O–H groups in total. The summed E-state index contributed by atoms with van der Waals surface area (Å²) < 4.78 is 0. The molecule has 0 bridgehead atoms. The van der Waals surface area contributed by atoms with Gasteiger partial charge in [-0.2, -0.15) is 0 Å². The van der Waals surface area contributed by atoms with Crippen LogP contribution in [0.5, 0.6) is 0 Å². The van der Waals surface area contributed by atoms with Gasteiger partial charge in [0, 0.05) is 18.1 Å². The molecule has 1 amide bonds. The van der Waals surface area contributed by atoms with Crippen molar-refractivity contribution in [3.05, 3.63) is 48.0 Å². The van der Waals surface area contributed by atoms with Gasteiger partial charge in [-0.3, -0.25) is 15.6 Å². The number of nitrogens with zero attached hydrogens (tertiary/aromatic N) is 2. The molecule has 92 valence electrons. The molecule has 2 aromatic rings. The van der Waals surface area contributed by atoms with Crippen LogP contribution in [0.25, 0.3) is 0 Å². The lowest BCUT2D eigenvalue weighted by Crippen LogP contribution is -2.15. The number of carbonyl (C=O) groups excluding carboxylic acids is 1. The summed E-state index contributed by atoms with van der Waals surface area (Å²) in [5, 5.41) is 2.77. The van der Waals surface area contributed by atoms with Crippen LogP contribution in [-0.4, -0.2) is 15.9 Å². The zero-order chi connectivity index (χ0) is 13.0. The van der Waals surface area contributed by atoms with E-state index in [4.69, 9.17) is 5.84 Å². The lowest BCUT2D eigenvalue weighted by atomic mass is 10.2. The summed E-state index contributed by atoms with van der Waals surface area (Å²) in [5.74, 6) is 4.95. The van der Waals surface area contributed by atoms with Crippen molar-refractivity contribution in [3.8, 4) is 0 Å². The molecule has 18 heavy (non-hydrogen) atoms. The number of pyridine rings is 2. The Labute approximate surface area is 104 Å². The smallest absolute Gasteiger partial charge is 0.274 e. The molecule has 0 spiro atoms. The largest absolute Gasteiger partial charge is 0.323 e. The number of aryl methyl sites for hydroxylation is 1. The second-order valence-corrected chi connectivity index (χ2v) is 3.72. The summed E-state index contributed by atoms with van der Waals surface area (Å²) in [4.78, 5) is 19.9. The van der Waals surface area contributed by atoms with Crippen molar-refractivity contribution in [1.82, 2.24) is 9.97 Å². The van der Waals surface area contributed by atoms with Gasteiger partial charge in [0.15, 0.2) is 0 Å². The Morgan fingerprint density at radius 2 is 2.11 bits per heavy atom. The quantitative estimate of drug-likeness (QED) is 0.558. The number of amides is 1. The number of nitrogen functional groups attached to an aromatic ring is 1. The minimum atomic E-state index is -0.270. The molecule has 0 atom stereocenters. The van der Waals surface area contributed by atoms with Crippen molar-refractivity contribution < 1.29 is 4.79 Å². The van der Waals surface area contributed by atoms with Crippen LogP contribution in [0.1, 0.15) is 16.1 Å². The molecular weight excluding hydrogens is 230 g/mol. The van der Waals surface area contributed by atoms with Gasteiger partial charge in [-0.1, -0.05) is 0 Å². The molecule has 0 saturated heterocycles. The van der Waals surface area contributed by atoms with Gasteiger partial charge >= 0.3 is 0 Å². The van der Waals surface area contributed by atoms with Crippen LogP contribution < -0.4 is 16.6 Å². The number of hydrogen-bond acceptors (Lipinski definition) is 5. The van der Waals surface area contributed by atoms with E-state index in [2.05, 4.69) is 20.7 Å². The third-order valence-corrected chi connectivity index (χ3v) is 2.43. The molecule has 0 aliphatic carbocycles. The van der Waals surface area contributed by atoms with Crippen LogP contribution in [0.15, 0.2) is 36.8 Å². The third kappa shape index (κ3) is 2.61. The van der Waals surface area contributed by atoms with Crippen molar-refractivity contribution in [3.63, 3.8) is 0 Å². The van der Waals surface area contributed by atoms with Crippen LogP contribution >= 0.6 is 0 Å². The van der Waals surface area contributed by atoms with E-state index in [0.717, 1.165) is 11.3 Å². The fourth-order valence-corrected chi connectivity index (χ4v) is 1.41. The molecule has 6 nitrogen and oxygen atoms in total. The Hall–Kier alpha value is -2.47. The predicted octanol–water partition coefficient (Wildman–Crippen LogP) is 1.32. The Bertz CT molecular complexity index is 553. The Morgan fingerprint density at radius 1 is 1.28 bits per heavy atom. The van der Waals surface area contributed by atoms with E-state index in [9.17, 15) is 4.79 Å². The van der Waals surface area contributed by atoms with Gasteiger partial charge in [0.1, 0.15) is 5.69 Å². The number of hydrazine groups is 1. The molecule has 2 rings (SSSR count). The highest BCUT2D eigenvalue weighted by molar-refractivity contribution is 6.03. The normalized spacial score (nSPS) is 9.89. The number of hydrogen-bond donors (Lipinski definition) is 3. The second-order valence-electron chi connectivity index (χ2n) is 3.72. The second kappa shape index (κ2) is 5.24. The van der Waals surface area contributed by atoms with Gasteiger partial charge in [-0.05, 0) is 30.7 Å². The molecule has 0 radical (unpaired) electrons. The predicted molar refractivity (Wildman–Crippen MR) is 69.0 cm³/mol. The molecule has 0 saturated carbocycles. The topological polar surface area (TPSA) is 92.9 Å². The number of rotatable bonds is 3. The number of anilines is 2. The van der Waals surface area contributed by atoms with E-state index in [1.807, 2.05) is 6.92 Å². The van der Waals surface area contributed by atoms with Crippen LogP contribution in [0.2, 0.25) is 0 Å². The number of nitrogens with one attached hydrogen (secondary N) is 2. The van der Waals surface area contributed by atoms with Gasteiger partial charge in [0.05, 0.1) is 11.9 Å². The summed E-state index contributed by atoms with van der Waals surface area (Å²) in [5.41, 5.74) is 5.03. The standard InChI is InChI=1S/C12H13N5O/c1-8-6-14-5-4-10(8)16-12(18)11-3-2-9(17-13)7-15-11/h2-7,17H,13H2,1H3,(H,14,16,18). The van der Waals surface area contributed by atoms with Crippen molar-refractivity contribution in [1.29, 1.82) is 0 Å². The molecule has 0 aliphatic heterocycles. The van der Waals surface area contributed by atoms with Crippen molar-refractivity contribution >= 4 is 17.3 Å². The molecule has 0 aromatic carbocycles. The monoisotopic (exact) mass is 243 g/mol. The first-order chi connectivity index (χ1) is 8.70. The Balaban J connectivity index is 2.14. The SMILES string of the molecule is Cc1cnccc1NC(=O)c1ccc(NN)cn1. The van der Waals surface area contributed by atoms with Gasteiger partial charge in [0.2, 0.25) is 0 Å². The fraction of sp³-hybridized carbons (Fsp3) is 0.0833. The van der Waals surface area contributed by atoms with E-state index in [1.165, 1.54) is 6.20 Å². The minimum absolute atomic E-state index is 0.270. The first-order valence-electron chi connectivity index (χ1n) is 5.35. The van der Waals surface area contributed by atoms with Crippen molar-refractivity contribution in [2.24, 2.45) is 5.84 Å². The minimum Gasteiger partial charge on any atom is -0.323 e. The third-order valence-electron chi connectivity index (χ3n) is 2.43. The van der Waals surface area contributed by atoms with Crippen LogP contribution in [-0.2, 0) is 0 Å². The highest BCUT2D eigenvalue weighted by Gasteiger charge is 2.08. The summed E-state index contributed by atoms with van der Waals surface area (Å²) in [7, 11) is 0. The average molecular weight is 243 g/mol. The van der Waals surface area contributed by atoms with E-state index in [0.29, 0.717) is 11.4 Å². The van der Waals surface area contributed by atoms with E-state index < -0.39 is 0 Å². The van der Waals surface area contributed by atoms with Crippen LogP contribution in [0.4, 0.5) is 11.4 Å². The van der Waals surface area contributed by atoms with Gasteiger partial charge < -0.3 is 10.7 Å². The average Bonchev–Trinajstić information content (AvgIpc) is 2.41. The van der Waals surface area contributed by atoms with Gasteiger partial charge in [0.25, 0.3) is 5.91 Å². The molecule has 0 aliphatic rings. The highest BCUT2D eigenvalue weighted by Crippen LogP contribution is 2.13. The molecule has 0 unspecified atom stereocenters. The molecule has 2 heterocycles. The number of carbonyl (C=O) groups is 1. The summed E-state index contributed by atoms with van der Waals surface area (Å²) in [6, 6.07) is 5.02. The van der Waals surface area contributed by atoms with E-state index in [-0.39, 0.29) is 5.91 Å².